The lowest BCUT2D eigenvalue weighted by Gasteiger charge is -2.19. The number of rotatable bonds is 7. The number of hydrogen-bond acceptors (Lipinski definition) is 6. The van der Waals surface area contributed by atoms with Gasteiger partial charge in [-0.05, 0) is 43.0 Å². The van der Waals surface area contributed by atoms with Crippen LogP contribution in [0.4, 0.5) is 24.5 Å². The fraction of sp³-hybridized carbons (Fsp3) is 0.182. The number of anilines is 2. The van der Waals surface area contributed by atoms with Gasteiger partial charge in [0, 0.05) is 5.69 Å². The molecule has 0 radical (unpaired) electrons. The first kappa shape index (κ1) is 25.6. The number of aromatic nitrogens is 2. The Morgan fingerprint density at radius 1 is 1.20 bits per heavy atom. The number of nitrogen functional groups attached to an aromatic ring is 1. The van der Waals surface area contributed by atoms with Crippen LogP contribution < -0.4 is 16.0 Å². The zero-order valence-electron chi connectivity index (χ0n) is 18.3. The number of nitrogens with two attached hydrogens (primary N) is 1. The first-order valence-corrected chi connectivity index (χ1v) is 11.6. The van der Waals surface area contributed by atoms with Gasteiger partial charge in [-0.1, -0.05) is 30.3 Å². The molecule has 0 aliphatic carbocycles. The van der Waals surface area contributed by atoms with Crippen molar-refractivity contribution in [1.82, 2.24) is 9.55 Å². The van der Waals surface area contributed by atoms with E-state index in [-0.39, 0.29) is 27.9 Å². The van der Waals surface area contributed by atoms with Gasteiger partial charge >= 0.3 is 6.18 Å². The van der Waals surface area contributed by atoms with Gasteiger partial charge < -0.3 is 5.73 Å². The first-order valence-electron chi connectivity index (χ1n) is 9.96. The van der Waals surface area contributed by atoms with Crippen LogP contribution in [-0.2, 0) is 33.2 Å². The maximum atomic E-state index is 13.8. The molecule has 35 heavy (non-hydrogen) atoms. The van der Waals surface area contributed by atoms with Crippen LogP contribution in [0.1, 0.15) is 22.5 Å². The van der Waals surface area contributed by atoms with Crippen LogP contribution in [0.15, 0.2) is 58.3 Å². The zero-order chi connectivity index (χ0) is 26.0. The number of benzene rings is 1. The van der Waals surface area contributed by atoms with Crippen LogP contribution in [0.5, 0.6) is 0 Å². The fourth-order valence-electron chi connectivity index (χ4n) is 3.27. The number of nitrogens with zero attached hydrogens (tertiary/aromatic N) is 3. The van der Waals surface area contributed by atoms with E-state index in [9.17, 15) is 31.2 Å². The minimum absolute atomic E-state index is 0.126. The molecule has 3 rings (SSSR count). The lowest BCUT2D eigenvalue weighted by Crippen LogP contribution is -2.31. The number of hydrogen-bond donors (Lipinski definition) is 2. The van der Waals surface area contributed by atoms with E-state index in [1.807, 2.05) is 4.72 Å². The van der Waals surface area contributed by atoms with E-state index in [0.29, 0.717) is 11.6 Å². The number of amides is 1. The molecule has 3 aromatic rings. The Morgan fingerprint density at radius 3 is 2.46 bits per heavy atom. The summed E-state index contributed by atoms with van der Waals surface area (Å²) >= 11 is 0. The molecule has 2 heterocycles. The Hall–Kier alpha value is -4.00. The topological polar surface area (TPSA) is 137 Å². The highest BCUT2D eigenvalue weighted by atomic mass is 32.2. The lowest BCUT2D eigenvalue weighted by molar-refractivity contribution is -0.142. The highest BCUT2D eigenvalue weighted by Crippen LogP contribution is 2.32. The second-order valence-corrected chi connectivity index (χ2v) is 9.21. The second-order valence-electron chi connectivity index (χ2n) is 7.49. The van der Waals surface area contributed by atoms with Crippen molar-refractivity contribution in [2.75, 3.05) is 10.5 Å². The Kier molecular flexibility index (Phi) is 7.10. The molecular formula is C22H20F3N5O4S. The summed E-state index contributed by atoms with van der Waals surface area (Å²) in [6.07, 6.45) is -5.24. The first-order chi connectivity index (χ1) is 16.3. The Morgan fingerprint density at radius 2 is 1.86 bits per heavy atom. The number of carbonyl (C=O) groups is 1. The minimum atomic E-state index is -5.00. The van der Waals surface area contributed by atoms with Crippen LogP contribution in [0.25, 0.3) is 5.82 Å². The molecule has 0 atom stereocenters. The molecule has 0 saturated heterocycles. The van der Waals surface area contributed by atoms with Gasteiger partial charge in [-0.25, -0.2) is 18.4 Å². The summed E-state index contributed by atoms with van der Waals surface area (Å²) in [5.41, 5.74) is 3.04. The SMILES string of the molecule is C=NC(=O)Cc1cc(N)c(-n2c(C(F)(F)F)ccc(NS(=O)(=O)Cc3ccccc3)c2=O)nc1C. The lowest BCUT2D eigenvalue weighted by atomic mass is 10.1. The number of pyridine rings is 2. The van der Waals surface area contributed by atoms with Crippen molar-refractivity contribution < 1.29 is 26.4 Å². The van der Waals surface area contributed by atoms with Crippen LogP contribution in [0.3, 0.4) is 0 Å². The summed E-state index contributed by atoms with van der Waals surface area (Å²) in [7, 11) is -4.15. The summed E-state index contributed by atoms with van der Waals surface area (Å²) in [6.45, 7) is 4.53. The van der Waals surface area contributed by atoms with Gasteiger partial charge in [0.25, 0.3) is 5.56 Å². The highest BCUT2D eigenvalue weighted by molar-refractivity contribution is 7.91. The number of nitrogens with one attached hydrogen (secondary N) is 1. The molecule has 0 saturated carbocycles. The molecule has 0 bridgehead atoms. The standard InChI is InChI=1S/C22H20F3N5O4S/c1-13-15(11-19(31)27-2)10-16(26)20(28-13)30-18(22(23,24)25)9-8-17(21(30)32)29-35(33,34)12-14-6-4-3-5-7-14/h3-10,29H,2,11-12,26H2,1H3. The molecule has 0 spiro atoms. The average Bonchev–Trinajstić information content (AvgIpc) is 2.77. The Balaban J connectivity index is 2.13. The van der Waals surface area contributed by atoms with E-state index in [1.54, 1.807) is 30.3 Å². The number of halogens is 3. The summed E-state index contributed by atoms with van der Waals surface area (Å²) < 4.78 is 68.7. The maximum Gasteiger partial charge on any atom is 0.431 e. The van der Waals surface area contributed by atoms with Crippen LogP contribution in [-0.4, -0.2) is 30.6 Å². The van der Waals surface area contributed by atoms with Gasteiger partial charge in [-0.3, -0.25) is 18.9 Å². The third kappa shape index (κ3) is 5.93. The predicted molar refractivity (Wildman–Crippen MR) is 125 cm³/mol. The number of aliphatic imine (C=N–C) groups is 1. The van der Waals surface area contributed by atoms with Gasteiger partial charge in [0.2, 0.25) is 15.9 Å². The van der Waals surface area contributed by atoms with Crippen molar-refractivity contribution in [2.24, 2.45) is 4.99 Å². The minimum Gasteiger partial charge on any atom is -0.396 e. The number of alkyl halides is 3. The van der Waals surface area contributed by atoms with Crippen molar-refractivity contribution in [3.63, 3.8) is 0 Å². The quantitative estimate of drug-likeness (QED) is 0.472. The number of sulfonamides is 1. The van der Waals surface area contributed by atoms with E-state index < -0.39 is 50.6 Å². The van der Waals surface area contributed by atoms with Crippen molar-refractivity contribution in [3.05, 3.63) is 81.4 Å². The largest absolute Gasteiger partial charge is 0.431 e. The molecule has 1 aromatic carbocycles. The molecule has 9 nitrogen and oxygen atoms in total. The van der Waals surface area contributed by atoms with E-state index >= 15 is 0 Å². The molecule has 0 aliphatic heterocycles. The molecule has 2 aromatic heterocycles. The van der Waals surface area contributed by atoms with Crippen molar-refractivity contribution in [2.45, 2.75) is 25.3 Å². The van der Waals surface area contributed by atoms with Gasteiger partial charge in [-0.15, -0.1) is 0 Å². The maximum absolute atomic E-state index is 13.8. The van der Waals surface area contributed by atoms with Crippen LogP contribution in [0.2, 0.25) is 0 Å². The van der Waals surface area contributed by atoms with E-state index in [4.69, 9.17) is 5.73 Å². The third-order valence-electron chi connectivity index (χ3n) is 4.89. The molecule has 13 heteroatoms. The molecule has 0 fully saturated rings. The van der Waals surface area contributed by atoms with Crippen molar-refractivity contribution in [1.29, 1.82) is 0 Å². The van der Waals surface area contributed by atoms with Gasteiger partial charge in [-0.2, -0.15) is 13.2 Å². The zero-order valence-corrected chi connectivity index (χ0v) is 19.2. The summed E-state index contributed by atoms with van der Waals surface area (Å²) in [5.74, 6) is -1.68. The Bertz CT molecular complexity index is 1450. The predicted octanol–water partition coefficient (Wildman–Crippen LogP) is 2.85. The third-order valence-corrected chi connectivity index (χ3v) is 6.14. The molecule has 0 unspecified atom stereocenters. The summed E-state index contributed by atoms with van der Waals surface area (Å²) in [6, 6.07) is 10.5. The average molecular weight is 507 g/mol. The molecule has 1 amide bonds. The van der Waals surface area contributed by atoms with Crippen molar-refractivity contribution >= 4 is 34.0 Å². The van der Waals surface area contributed by atoms with E-state index in [0.717, 1.165) is 6.07 Å². The van der Waals surface area contributed by atoms with Gasteiger partial charge in [0.1, 0.15) is 11.4 Å². The van der Waals surface area contributed by atoms with Gasteiger partial charge in [0.15, 0.2) is 5.82 Å². The number of carbonyl (C=O) groups excluding carboxylic acids is 1. The Labute approximate surface area is 198 Å². The molecule has 3 N–H and O–H groups in total. The smallest absolute Gasteiger partial charge is 0.396 e. The normalized spacial score (nSPS) is 11.8. The van der Waals surface area contributed by atoms with E-state index in [2.05, 4.69) is 16.7 Å². The van der Waals surface area contributed by atoms with Crippen LogP contribution in [0, 0.1) is 6.92 Å². The van der Waals surface area contributed by atoms with Crippen LogP contribution >= 0.6 is 0 Å². The second kappa shape index (κ2) is 9.70. The molecule has 184 valence electrons. The summed E-state index contributed by atoms with van der Waals surface area (Å²) in [4.78, 5) is 31.9. The van der Waals surface area contributed by atoms with Crippen molar-refractivity contribution in [3.8, 4) is 5.82 Å². The van der Waals surface area contributed by atoms with Gasteiger partial charge in [0.05, 0.1) is 17.9 Å². The fourth-order valence-corrected chi connectivity index (χ4v) is 4.47. The molecule has 0 aliphatic rings. The number of aryl methyl sites for hydroxylation is 1. The molecular weight excluding hydrogens is 487 g/mol. The highest BCUT2D eigenvalue weighted by Gasteiger charge is 2.36. The van der Waals surface area contributed by atoms with E-state index in [1.165, 1.54) is 13.0 Å². The monoisotopic (exact) mass is 507 g/mol. The summed E-state index contributed by atoms with van der Waals surface area (Å²) in [5, 5.41) is 0.